The maximum absolute atomic E-state index is 4.76. The number of hydrogen-bond acceptors (Lipinski definition) is 4. The van der Waals surface area contributed by atoms with E-state index in [9.17, 15) is 0 Å². The molecular formula is C13H23N3S. The largest absolute Gasteiger partial charge is 0.312 e. The van der Waals surface area contributed by atoms with E-state index < -0.39 is 0 Å². The Balaban J connectivity index is 1.97. The fourth-order valence-corrected chi connectivity index (χ4v) is 3.14. The predicted octanol–water partition coefficient (Wildman–Crippen LogP) is 2.23. The smallest absolute Gasteiger partial charge is 0.107 e. The highest BCUT2D eigenvalue weighted by Crippen LogP contribution is 2.24. The second-order valence-electron chi connectivity index (χ2n) is 5.97. The number of piperazine rings is 1. The van der Waals surface area contributed by atoms with Crippen LogP contribution in [0.15, 0.2) is 5.38 Å². The normalized spacial score (nSPS) is 22.9. The van der Waals surface area contributed by atoms with Crippen LogP contribution in [0.25, 0.3) is 0 Å². The first-order chi connectivity index (χ1) is 7.95. The van der Waals surface area contributed by atoms with Gasteiger partial charge in [-0.2, -0.15) is 0 Å². The molecule has 1 saturated heterocycles. The molecule has 96 valence electrons. The second-order valence-corrected chi connectivity index (χ2v) is 6.91. The molecule has 0 aliphatic carbocycles. The van der Waals surface area contributed by atoms with Gasteiger partial charge in [0.05, 0.1) is 12.2 Å². The van der Waals surface area contributed by atoms with Gasteiger partial charge in [-0.1, -0.05) is 20.8 Å². The van der Waals surface area contributed by atoms with Gasteiger partial charge < -0.3 is 5.32 Å². The summed E-state index contributed by atoms with van der Waals surface area (Å²) in [6.45, 7) is 13.3. The molecule has 0 spiro atoms. The molecule has 3 nitrogen and oxygen atoms in total. The first kappa shape index (κ1) is 13.0. The van der Waals surface area contributed by atoms with Crippen molar-refractivity contribution in [2.24, 2.45) is 0 Å². The van der Waals surface area contributed by atoms with Gasteiger partial charge in [-0.25, -0.2) is 4.98 Å². The average Bonchev–Trinajstić information content (AvgIpc) is 2.65. The number of thiazole rings is 1. The molecule has 0 saturated carbocycles. The third kappa shape index (κ3) is 3.50. The Morgan fingerprint density at radius 1 is 1.53 bits per heavy atom. The van der Waals surface area contributed by atoms with E-state index in [4.69, 9.17) is 4.98 Å². The molecule has 4 heteroatoms. The van der Waals surface area contributed by atoms with E-state index in [0.717, 1.165) is 26.2 Å². The van der Waals surface area contributed by atoms with E-state index >= 15 is 0 Å². The van der Waals surface area contributed by atoms with E-state index in [1.165, 1.54) is 10.7 Å². The number of rotatable bonds is 2. The fraction of sp³-hybridized carbons (Fsp3) is 0.769. The van der Waals surface area contributed by atoms with Gasteiger partial charge in [0, 0.05) is 36.5 Å². The first-order valence-corrected chi connectivity index (χ1v) is 7.24. The quantitative estimate of drug-likeness (QED) is 0.876. The predicted molar refractivity (Wildman–Crippen MR) is 73.6 cm³/mol. The van der Waals surface area contributed by atoms with Crippen molar-refractivity contribution >= 4 is 11.3 Å². The van der Waals surface area contributed by atoms with Gasteiger partial charge in [0.25, 0.3) is 0 Å². The van der Waals surface area contributed by atoms with Gasteiger partial charge >= 0.3 is 0 Å². The molecule has 0 amide bonds. The fourth-order valence-electron chi connectivity index (χ4n) is 2.08. The summed E-state index contributed by atoms with van der Waals surface area (Å²) < 4.78 is 0. The highest BCUT2D eigenvalue weighted by Gasteiger charge is 2.20. The van der Waals surface area contributed by atoms with Crippen LogP contribution >= 0.6 is 11.3 Å². The SMILES string of the molecule is C[C@@H]1CN(Cc2nc(C(C)(C)C)cs2)CCN1. The van der Waals surface area contributed by atoms with Gasteiger partial charge in [-0.3, -0.25) is 4.90 Å². The van der Waals surface area contributed by atoms with Crippen molar-refractivity contribution < 1.29 is 0 Å². The van der Waals surface area contributed by atoms with Crippen LogP contribution in [0, 0.1) is 0 Å². The van der Waals surface area contributed by atoms with Crippen molar-refractivity contribution in [3.8, 4) is 0 Å². The molecule has 2 heterocycles. The summed E-state index contributed by atoms with van der Waals surface area (Å²) in [4.78, 5) is 7.25. The van der Waals surface area contributed by atoms with Crippen molar-refractivity contribution in [3.63, 3.8) is 0 Å². The molecule has 0 bridgehead atoms. The van der Waals surface area contributed by atoms with Crippen LogP contribution < -0.4 is 5.32 Å². The van der Waals surface area contributed by atoms with E-state index in [1.807, 2.05) is 0 Å². The highest BCUT2D eigenvalue weighted by molar-refractivity contribution is 7.09. The molecule has 1 N–H and O–H groups in total. The lowest BCUT2D eigenvalue weighted by molar-refractivity contribution is 0.199. The molecule has 0 unspecified atom stereocenters. The summed E-state index contributed by atoms with van der Waals surface area (Å²) in [5.41, 5.74) is 1.39. The maximum atomic E-state index is 4.76. The molecule has 2 rings (SSSR count). The zero-order valence-electron chi connectivity index (χ0n) is 11.3. The van der Waals surface area contributed by atoms with Gasteiger partial charge in [-0.05, 0) is 6.92 Å². The first-order valence-electron chi connectivity index (χ1n) is 6.36. The van der Waals surface area contributed by atoms with Crippen molar-refractivity contribution in [3.05, 3.63) is 16.1 Å². The number of hydrogen-bond donors (Lipinski definition) is 1. The molecule has 17 heavy (non-hydrogen) atoms. The topological polar surface area (TPSA) is 28.2 Å². The van der Waals surface area contributed by atoms with E-state index in [2.05, 4.69) is 43.3 Å². The van der Waals surface area contributed by atoms with E-state index in [-0.39, 0.29) is 5.41 Å². The monoisotopic (exact) mass is 253 g/mol. The molecule has 1 fully saturated rings. The van der Waals surface area contributed by atoms with Gasteiger partial charge in [-0.15, -0.1) is 11.3 Å². The Morgan fingerprint density at radius 3 is 2.88 bits per heavy atom. The summed E-state index contributed by atoms with van der Waals surface area (Å²) in [5.74, 6) is 0. The van der Waals surface area contributed by atoms with Gasteiger partial charge in [0.15, 0.2) is 0 Å². The van der Waals surface area contributed by atoms with Crippen LogP contribution in [0.5, 0.6) is 0 Å². The van der Waals surface area contributed by atoms with Crippen LogP contribution in [0.2, 0.25) is 0 Å². The molecule has 1 atom stereocenters. The van der Waals surface area contributed by atoms with Crippen LogP contribution in [-0.2, 0) is 12.0 Å². The number of aromatic nitrogens is 1. The minimum atomic E-state index is 0.172. The summed E-state index contributed by atoms with van der Waals surface area (Å²) in [6.07, 6.45) is 0. The summed E-state index contributed by atoms with van der Waals surface area (Å²) in [7, 11) is 0. The lowest BCUT2D eigenvalue weighted by Gasteiger charge is -2.31. The standard InChI is InChI=1S/C13H23N3S/c1-10-7-16(6-5-14-10)8-12-15-11(9-17-12)13(2,3)4/h9-10,14H,5-8H2,1-4H3/t10-/m1/s1. The van der Waals surface area contributed by atoms with Crippen molar-refractivity contribution in [2.75, 3.05) is 19.6 Å². The van der Waals surface area contributed by atoms with Crippen LogP contribution in [0.4, 0.5) is 0 Å². The third-order valence-electron chi connectivity index (χ3n) is 3.13. The lowest BCUT2D eigenvalue weighted by atomic mass is 9.93. The average molecular weight is 253 g/mol. The zero-order chi connectivity index (χ0) is 12.5. The van der Waals surface area contributed by atoms with E-state index in [1.54, 1.807) is 11.3 Å². The van der Waals surface area contributed by atoms with Crippen molar-refractivity contribution in [1.29, 1.82) is 0 Å². The maximum Gasteiger partial charge on any atom is 0.107 e. The Hall–Kier alpha value is -0.450. The number of nitrogens with one attached hydrogen (secondary N) is 1. The van der Waals surface area contributed by atoms with E-state index in [0.29, 0.717) is 6.04 Å². The van der Waals surface area contributed by atoms with Crippen molar-refractivity contribution in [1.82, 2.24) is 15.2 Å². The highest BCUT2D eigenvalue weighted by atomic mass is 32.1. The van der Waals surface area contributed by atoms with Crippen LogP contribution in [0.1, 0.15) is 38.4 Å². The minimum absolute atomic E-state index is 0.172. The Bertz CT molecular complexity index is 367. The molecule has 1 aliphatic rings. The molecule has 0 radical (unpaired) electrons. The van der Waals surface area contributed by atoms with Gasteiger partial charge in [0.1, 0.15) is 5.01 Å². The van der Waals surface area contributed by atoms with Crippen LogP contribution in [-0.4, -0.2) is 35.6 Å². The number of nitrogens with zero attached hydrogens (tertiary/aromatic N) is 2. The molecule has 1 aliphatic heterocycles. The van der Waals surface area contributed by atoms with Gasteiger partial charge in [0.2, 0.25) is 0 Å². The second kappa shape index (κ2) is 5.04. The summed E-state index contributed by atoms with van der Waals surface area (Å²) in [6, 6.07) is 0.603. The van der Waals surface area contributed by atoms with Crippen molar-refractivity contribution in [2.45, 2.75) is 45.7 Å². The summed E-state index contributed by atoms with van der Waals surface area (Å²) in [5, 5.41) is 6.93. The Kier molecular flexibility index (Phi) is 3.85. The third-order valence-corrected chi connectivity index (χ3v) is 3.97. The molecule has 1 aromatic rings. The molecule has 1 aromatic heterocycles. The Morgan fingerprint density at radius 2 is 2.29 bits per heavy atom. The molecule has 0 aromatic carbocycles. The Labute approximate surface area is 108 Å². The lowest BCUT2D eigenvalue weighted by Crippen LogP contribution is -2.48. The van der Waals surface area contributed by atoms with Crippen LogP contribution in [0.3, 0.4) is 0 Å². The summed E-state index contributed by atoms with van der Waals surface area (Å²) >= 11 is 1.80. The minimum Gasteiger partial charge on any atom is -0.312 e. The zero-order valence-corrected chi connectivity index (χ0v) is 12.1. The molecular weight excluding hydrogens is 230 g/mol.